The van der Waals surface area contributed by atoms with Crippen LogP contribution in [0.5, 0.6) is 0 Å². The quantitative estimate of drug-likeness (QED) is 0.843. The van der Waals surface area contributed by atoms with E-state index < -0.39 is 0 Å². The van der Waals surface area contributed by atoms with E-state index in [0.717, 1.165) is 11.4 Å². The number of hydrogen-bond acceptors (Lipinski definition) is 3. The SMILES string of the molecule is Cc1cc(NC(=O)Nc2cc(C)nn2C)n(C)n1. The molecule has 0 unspecified atom stereocenters. The lowest BCUT2D eigenvalue weighted by Gasteiger charge is -2.07. The highest BCUT2D eigenvalue weighted by Gasteiger charge is 2.09. The van der Waals surface area contributed by atoms with Crippen molar-refractivity contribution in [3.05, 3.63) is 23.5 Å². The Bertz CT molecular complexity index is 532. The van der Waals surface area contributed by atoms with Crippen LogP contribution in [0.2, 0.25) is 0 Å². The Hall–Kier alpha value is -2.31. The molecule has 96 valence electrons. The predicted molar refractivity (Wildman–Crippen MR) is 68.5 cm³/mol. The molecule has 0 fully saturated rings. The molecule has 0 aliphatic heterocycles. The number of aromatic nitrogens is 4. The maximum Gasteiger partial charge on any atom is 0.326 e. The van der Waals surface area contributed by atoms with Gasteiger partial charge in [0.1, 0.15) is 11.6 Å². The lowest BCUT2D eigenvalue weighted by atomic mass is 10.4. The number of nitrogens with zero attached hydrogens (tertiary/aromatic N) is 4. The van der Waals surface area contributed by atoms with Crippen molar-refractivity contribution < 1.29 is 4.79 Å². The van der Waals surface area contributed by atoms with Gasteiger partial charge in [0.05, 0.1) is 11.4 Å². The van der Waals surface area contributed by atoms with Gasteiger partial charge in [0.15, 0.2) is 0 Å². The Labute approximate surface area is 105 Å². The normalized spacial score (nSPS) is 10.4. The van der Waals surface area contributed by atoms with Gasteiger partial charge in [-0.15, -0.1) is 0 Å². The summed E-state index contributed by atoms with van der Waals surface area (Å²) in [5.41, 5.74) is 1.70. The molecular weight excluding hydrogens is 232 g/mol. The zero-order valence-corrected chi connectivity index (χ0v) is 10.9. The summed E-state index contributed by atoms with van der Waals surface area (Å²) in [6, 6.07) is 3.28. The van der Waals surface area contributed by atoms with E-state index in [9.17, 15) is 4.79 Å². The topological polar surface area (TPSA) is 76.8 Å². The highest BCUT2D eigenvalue weighted by molar-refractivity contribution is 5.98. The molecule has 0 atom stereocenters. The summed E-state index contributed by atoms with van der Waals surface area (Å²) in [6.45, 7) is 3.74. The second kappa shape index (κ2) is 4.52. The summed E-state index contributed by atoms with van der Waals surface area (Å²) < 4.78 is 3.23. The third-order valence-electron chi connectivity index (χ3n) is 2.49. The van der Waals surface area contributed by atoms with Gasteiger partial charge in [-0.2, -0.15) is 10.2 Å². The molecule has 2 rings (SSSR count). The second-order valence-electron chi connectivity index (χ2n) is 4.17. The van der Waals surface area contributed by atoms with Crippen LogP contribution in [-0.4, -0.2) is 25.6 Å². The molecule has 2 heterocycles. The molecule has 0 spiro atoms. The van der Waals surface area contributed by atoms with Crippen molar-refractivity contribution in [1.82, 2.24) is 19.6 Å². The van der Waals surface area contributed by atoms with Crippen molar-refractivity contribution in [3.63, 3.8) is 0 Å². The summed E-state index contributed by atoms with van der Waals surface area (Å²) in [5, 5.41) is 13.7. The van der Waals surface area contributed by atoms with E-state index in [1.165, 1.54) is 0 Å². The third-order valence-corrected chi connectivity index (χ3v) is 2.49. The molecule has 7 heteroatoms. The number of anilines is 2. The molecule has 0 bridgehead atoms. The van der Waals surface area contributed by atoms with Crippen molar-refractivity contribution in [2.45, 2.75) is 13.8 Å². The number of rotatable bonds is 2. The molecule has 0 aliphatic rings. The molecule has 0 saturated carbocycles. The van der Waals surface area contributed by atoms with Gasteiger partial charge in [-0.05, 0) is 13.8 Å². The Morgan fingerprint density at radius 3 is 1.67 bits per heavy atom. The van der Waals surface area contributed by atoms with Gasteiger partial charge in [0.25, 0.3) is 0 Å². The summed E-state index contributed by atoms with van der Waals surface area (Å²) in [4.78, 5) is 11.8. The van der Waals surface area contributed by atoms with Gasteiger partial charge in [-0.3, -0.25) is 20.0 Å². The number of amides is 2. The van der Waals surface area contributed by atoms with Crippen molar-refractivity contribution in [3.8, 4) is 0 Å². The van der Waals surface area contributed by atoms with Crippen molar-refractivity contribution in [1.29, 1.82) is 0 Å². The van der Waals surface area contributed by atoms with Gasteiger partial charge in [0, 0.05) is 26.2 Å². The van der Waals surface area contributed by atoms with Gasteiger partial charge >= 0.3 is 6.03 Å². The minimum Gasteiger partial charge on any atom is -0.292 e. The van der Waals surface area contributed by atoms with Crippen LogP contribution in [0.3, 0.4) is 0 Å². The third kappa shape index (κ3) is 2.50. The average molecular weight is 248 g/mol. The van der Waals surface area contributed by atoms with Crippen LogP contribution < -0.4 is 10.6 Å². The van der Waals surface area contributed by atoms with Crippen LogP contribution in [0, 0.1) is 13.8 Å². The van der Waals surface area contributed by atoms with Crippen LogP contribution in [0.4, 0.5) is 16.4 Å². The van der Waals surface area contributed by atoms with E-state index in [4.69, 9.17) is 0 Å². The Morgan fingerprint density at radius 2 is 1.39 bits per heavy atom. The molecular formula is C11H16N6O. The first-order chi connectivity index (χ1) is 8.45. The Morgan fingerprint density at radius 1 is 1.00 bits per heavy atom. The van der Waals surface area contributed by atoms with E-state index in [2.05, 4.69) is 20.8 Å². The number of hydrogen-bond donors (Lipinski definition) is 2. The Balaban J connectivity index is 2.05. The van der Waals surface area contributed by atoms with E-state index >= 15 is 0 Å². The zero-order chi connectivity index (χ0) is 13.3. The Kier molecular flexibility index (Phi) is 3.05. The molecule has 7 nitrogen and oxygen atoms in total. The molecule has 2 aromatic heterocycles. The highest BCUT2D eigenvalue weighted by atomic mass is 16.2. The number of nitrogens with one attached hydrogen (secondary N) is 2. The van der Waals surface area contributed by atoms with Gasteiger partial charge in [-0.25, -0.2) is 4.79 Å². The first kappa shape index (κ1) is 12.2. The van der Waals surface area contributed by atoms with Gasteiger partial charge < -0.3 is 0 Å². The predicted octanol–water partition coefficient (Wildman–Crippen LogP) is 1.41. The fraction of sp³-hybridized carbons (Fsp3) is 0.364. The van der Waals surface area contributed by atoms with Crippen LogP contribution in [0.15, 0.2) is 12.1 Å². The average Bonchev–Trinajstić information content (AvgIpc) is 2.71. The molecule has 2 N–H and O–H groups in total. The molecule has 2 amide bonds. The minimum absolute atomic E-state index is 0.319. The first-order valence-corrected chi connectivity index (χ1v) is 5.55. The first-order valence-electron chi connectivity index (χ1n) is 5.55. The van der Waals surface area contributed by atoms with Crippen LogP contribution in [0.1, 0.15) is 11.4 Å². The second-order valence-corrected chi connectivity index (χ2v) is 4.17. The summed E-state index contributed by atoms with van der Waals surface area (Å²) >= 11 is 0. The summed E-state index contributed by atoms with van der Waals surface area (Å²) in [6.07, 6.45) is 0. The largest absolute Gasteiger partial charge is 0.326 e. The lowest BCUT2D eigenvalue weighted by Crippen LogP contribution is -2.22. The molecule has 0 saturated heterocycles. The summed E-state index contributed by atoms with van der Waals surface area (Å²) in [7, 11) is 3.55. The monoisotopic (exact) mass is 248 g/mol. The zero-order valence-electron chi connectivity index (χ0n) is 10.9. The molecule has 18 heavy (non-hydrogen) atoms. The molecule has 0 aromatic carbocycles. The number of carbonyl (C=O) groups excluding carboxylic acids is 1. The summed E-state index contributed by atoms with van der Waals surface area (Å²) in [5.74, 6) is 1.28. The number of urea groups is 1. The van der Waals surface area contributed by atoms with Gasteiger partial charge in [0.2, 0.25) is 0 Å². The fourth-order valence-electron chi connectivity index (χ4n) is 1.72. The molecule has 0 aliphatic carbocycles. The van der Waals surface area contributed by atoms with E-state index in [0.29, 0.717) is 11.6 Å². The molecule has 0 radical (unpaired) electrons. The molecule has 2 aromatic rings. The fourth-order valence-corrected chi connectivity index (χ4v) is 1.72. The highest BCUT2D eigenvalue weighted by Crippen LogP contribution is 2.11. The van der Waals surface area contributed by atoms with Gasteiger partial charge in [-0.1, -0.05) is 0 Å². The van der Waals surface area contributed by atoms with Crippen molar-refractivity contribution in [2.24, 2.45) is 14.1 Å². The van der Waals surface area contributed by atoms with E-state index in [1.54, 1.807) is 35.6 Å². The van der Waals surface area contributed by atoms with E-state index in [-0.39, 0.29) is 6.03 Å². The standard InChI is InChI=1S/C11H16N6O/c1-7-5-9(16(3)14-7)12-11(18)13-10-6-8(2)15-17(10)4/h5-6H,1-4H3,(H2,12,13,18). The lowest BCUT2D eigenvalue weighted by molar-refractivity contribution is 0.262. The number of aryl methyl sites for hydroxylation is 4. The smallest absolute Gasteiger partial charge is 0.292 e. The maximum absolute atomic E-state index is 11.8. The van der Waals surface area contributed by atoms with Crippen LogP contribution in [0.25, 0.3) is 0 Å². The minimum atomic E-state index is -0.319. The van der Waals surface area contributed by atoms with Crippen molar-refractivity contribution >= 4 is 17.7 Å². The number of carbonyl (C=O) groups is 1. The van der Waals surface area contributed by atoms with Crippen LogP contribution >= 0.6 is 0 Å². The van der Waals surface area contributed by atoms with Crippen LogP contribution in [-0.2, 0) is 14.1 Å². The maximum atomic E-state index is 11.8. The van der Waals surface area contributed by atoms with E-state index in [1.807, 2.05) is 13.8 Å². The van der Waals surface area contributed by atoms with Crippen molar-refractivity contribution in [2.75, 3.05) is 10.6 Å².